The topological polar surface area (TPSA) is 52.0 Å². The first-order valence-electron chi connectivity index (χ1n) is 5.25. The van der Waals surface area contributed by atoms with Crippen molar-refractivity contribution in [3.05, 3.63) is 57.5 Å². The molecule has 0 saturated heterocycles. The molecule has 1 heterocycles. The number of rotatable bonds is 2. The lowest BCUT2D eigenvalue weighted by Gasteiger charge is -2.09. The van der Waals surface area contributed by atoms with Crippen LogP contribution in [0, 0.1) is 13.8 Å². The Morgan fingerprint density at radius 3 is 2.41 bits per heavy atom. The van der Waals surface area contributed by atoms with Crippen LogP contribution in [0.15, 0.2) is 35.1 Å². The van der Waals surface area contributed by atoms with Gasteiger partial charge in [0, 0.05) is 11.8 Å². The number of aryl methyl sites for hydroxylation is 2. The fourth-order valence-electron chi connectivity index (χ4n) is 1.59. The molecule has 0 saturated carbocycles. The van der Waals surface area contributed by atoms with Crippen LogP contribution in [0.2, 0.25) is 0 Å². The molecule has 0 amide bonds. The molecule has 86 valence electrons. The Morgan fingerprint density at radius 1 is 1.18 bits per heavy atom. The van der Waals surface area contributed by atoms with Gasteiger partial charge in [0.2, 0.25) is 5.43 Å². The highest BCUT2D eigenvalue weighted by Crippen LogP contribution is 2.09. The molecule has 2 aromatic rings. The molecule has 0 spiro atoms. The molecule has 17 heavy (non-hydrogen) atoms. The minimum atomic E-state index is -0.346. The standard InChI is InChI=1S/C13H12N2O2/c1-9-3-5-11(6-4-9)15-10(2)7-13(17)12(8-16)14-15/h3-8H,1-2H3. The molecule has 0 aliphatic heterocycles. The highest BCUT2D eigenvalue weighted by molar-refractivity contribution is 5.71. The van der Waals surface area contributed by atoms with Gasteiger partial charge in [-0.15, -0.1) is 0 Å². The molecular formula is C13H12N2O2. The molecule has 0 radical (unpaired) electrons. The Balaban J connectivity index is 2.62. The molecule has 1 aromatic carbocycles. The average molecular weight is 228 g/mol. The van der Waals surface area contributed by atoms with Gasteiger partial charge in [0.15, 0.2) is 12.0 Å². The molecule has 1 aromatic heterocycles. The van der Waals surface area contributed by atoms with Crippen molar-refractivity contribution in [2.75, 3.05) is 0 Å². The van der Waals surface area contributed by atoms with E-state index in [4.69, 9.17) is 0 Å². The van der Waals surface area contributed by atoms with Gasteiger partial charge < -0.3 is 0 Å². The van der Waals surface area contributed by atoms with Gasteiger partial charge in [0.1, 0.15) is 0 Å². The molecule has 4 heteroatoms. The summed E-state index contributed by atoms with van der Waals surface area (Å²) in [6.07, 6.45) is 0.479. The first kappa shape index (κ1) is 11.3. The van der Waals surface area contributed by atoms with Gasteiger partial charge in [-0.05, 0) is 26.0 Å². The summed E-state index contributed by atoms with van der Waals surface area (Å²) < 4.78 is 1.59. The van der Waals surface area contributed by atoms with Gasteiger partial charge in [-0.3, -0.25) is 9.59 Å². The van der Waals surface area contributed by atoms with E-state index in [1.54, 1.807) is 11.6 Å². The summed E-state index contributed by atoms with van der Waals surface area (Å²) in [5.41, 5.74) is 2.25. The predicted molar refractivity (Wildman–Crippen MR) is 64.7 cm³/mol. The number of carbonyl (C=O) groups excluding carboxylic acids is 1. The Hall–Kier alpha value is -2.23. The molecule has 0 aliphatic carbocycles. The number of hydrogen-bond acceptors (Lipinski definition) is 3. The first-order chi connectivity index (χ1) is 8.11. The summed E-state index contributed by atoms with van der Waals surface area (Å²) in [5.74, 6) is 0. The van der Waals surface area contributed by atoms with Gasteiger partial charge >= 0.3 is 0 Å². The molecule has 0 fully saturated rings. The average Bonchev–Trinajstić information content (AvgIpc) is 2.31. The Morgan fingerprint density at radius 2 is 1.82 bits per heavy atom. The lowest BCUT2D eigenvalue weighted by molar-refractivity contribution is 0.111. The maximum absolute atomic E-state index is 11.4. The normalized spacial score (nSPS) is 10.2. The number of nitrogens with zero attached hydrogens (tertiary/aromatic N) is 2. The van der Waals surface area contributed by atoms with Crippen LogP contribution in [0.25, 0.3) is 5.69 Å². The number of carbonyl (C=O) groups is 1. The molecule has 0 atom stereocenters. The van der Waals surface area contributed by atoms with Crippen LogP contribution in [0.1, 0.15) is 21.7 Å². The van der Waals surface area contributed by atoms with Crippen LogP contribution in [0.3, 0.4) is 0 Å². The van der Waals surface area contributed by atoms with Crippen molar-refractivity contribution in [3.63, 3.8) is 0 Å². The fraction of sp³-hybridized carbons (Fsp3) is 0.154. The highest BCUT2D eigenvalue weighted by Gasteiger charge is 2.06. The van der Waals surface area contributed by atoms with Crippen molar-refractivity contribution in [1.82, 2.24) is 9.78 Å². The Labute approximate surface area is 98.5 Å². The summed E-state index contributed by atoms with van der Waals surface area (Å²) >= 11 is 0. The molecule has 4 nitrogen and oxygen atoms in total. The highest BCUT2D eigenvalue weighted by atomic mass is 16.1. The summed E-state index contributed by atoms with van der Waals surface area (Å²) in [4.78, 5) is 22.1. The number of aldehydes is 1. The smallest absolute Gasteiger partial charge is 0.211 e. The summed E-state index contributed by atoms with van der Waals surface area (Å²) in [6, 6.07) is 9.11. The quantitative estimate of drug-likeness (QED) is 0.734. The third kappa shape index (κ3) is 2.15. The Bertz CT molecular complexity index is 612. The number of hydrogen-bond donors (Lipinski definition) is 0. The van der Waals surface area contributed by atoms with E-state index in [9.17, 15) is 9.59 Å². The van der Waals surface area contributed by atoms with Crippen molar-refractivity contribution in [1.29, 1.82) is 0 Å². The van der Waals surface area contributed by atoms with E-state index in [0.29, 0.717) is 12.0 Å². The lowest BCUT2D eigenvalue weighted by atomic mass is 10.2. The number of benzene rings is 1. The fourth-order valence-corrected chi connectivity index (χ4v) is 1.59. The molecule has 0 unspecified atom stereocenters. The van der Waals surface area contributed by atoms with Crippen LogP contribution in [-0.4, -0.2) is 16.1 Å². The van der Waals surface area contributed by atoms with E-state index in [1.165, 1.54) is 6.07 Å². The van der Waals surface area contributed by atoms with E-state index < -0.39 is 0 Å². The van der Waals surface area contributed by atoms with Crippen molar-refractivity contribution in [2.45, 2.75) is 13.8 Å². The molecule has 0 N–H and O–H groups in total. The van der Waals surface area contributed by atoms with Crippen molar-refractivity contribution < 1.29 is 4.79 Å². The van der Waals surface area contributed by atoms with Crippen LogP contribution in [0.4, 0.5) is 0 Å². The van der Waals surface area contributed by atoms with E-state index in [0.717, 1.165) is 11.3 Å². The van der Waals surface area contributed by atoms with Crippen molar-refractivity contribution >= 4 is 6.29 Å². The maximum Gasteiger partial charge on any atom is 0.211 e. The van der Waals surface area contributed by atoms with Crippen LogP contribution < -0.4 is 5.43 Å². The maximum atomic E-state index is 11.4. The third-order valence-electron chi connectivity index (χ3n) is 2.52. The monoisotopic (exact) mass is 228 g/mol. The zero-order chi connectivity index (χ0) is 12.4. The summed E-state index contributed by atoms with van der Waals surface area (Å²) in [5, 5.41) is 4.03. The Kier molecular flexibility index (Phi) is 2.87. The van der Waals surface area contributed by atoms with Crippen LogP contribution in [-0.2, 0) is 0 Å². The van der Waals surface area contributed by atoms with Crippen LogP contribution >= 0.6 is 0 Å². The van der Waals surface area contributed by atoms with Crippen molar-refractivity contribution in [3.8, 4) is 5.69 Å². The molecule has 2 rings (SSSR count). The molecular weight excluding hydrogens is 216 g/mol. The van der Waals surface area contributed by atoms with Crippen molar-refractivity contribution in [2.24, 2.45) is 0 Å². The van der Waals surface area contributed by atoms with E-state index in [2.05, 4.69) is 5.10 Å². The lowest BCUT2D eigenvalue weighted by Crippen LogP contribution is -2.18. The predicted octanol–water partition coefficient (Wildman–Crippen LogP) is 1.66. The SMILES string of the molecule is Cc1ccc(-n2nc(C=O)c(=O)cc2C)cc1. The minimum Gasteiger partial charge on any atom is -0.296 e. The second kappa shape index (κ2) is 4.33. The minimum absolute atomic E-state index is 0.0730. The summed E-state index contributed by atoms with van der Waals surface area (Å²) in [7, 11) is 0. The van der Waals surface area contributed by atoms with E-state index in [-0.39, 0.29) is 11.1 Å². The summed E-state index contributed by atoms with van der Waals surface area (Å²) in [6.45, 7) is 3.77. The molecule has 0 bridgehead atoms. The van der Waals surface area contributed by atoms with Gasteiger partial charge in [-0.1, -0.05) is 17.7 Å². The van der Waals surface area contributed by atoms with Crippen LogP contribution in [0.5, 0.6) is 0 Å². The van der Waals surface area contributed by atoms with Gasteiger partial charge in [-0.25, -0.2) is 4.68 Å². The largest absolute Gasteiger partial charge is 0.296 e. The zero-order valence-corrected chi connectivity index (χ0v) is 9.68. The van der Waals surface area contributed by atoms with E-state index >= 15 is 0 Å². The molecule has 0 aliphatic rings. The van der Waals surface area contributed by atoms with Gasteiger partial charge in [-0.2, -0.15) is 5.10 Å². The second-order valence-electron chi connectivity index (χ2n) is 3.90. The van der Waals surface area contributed by atoms with Gasteiger partial charge in [0.25, 0.3) is 0 Å². The zero-order valence-electron chi connectivity index (χ0n) is 9.68. The number of aromatic nitrogens is 2. The first-order valence-corrected chi connectivity index (χ1v) is 5.25. The van der Waals surface area contributed by atoms with E-state index in [1.807, 2.05) is 31.2 Å². The third-order valence-corrected chi connectivity index (χ3v) is 2.52. The second-order valence-corrected chi connectivity index (χ2v) is 3.90. The van der Waals surface area contributed by atoms with Gasteiger partial charge in [0.05, 0.1) is 5.69 Å².